The summed E-state index contributed by atoms with van der Waals surface area (Å²) >= 11 is 5.64. The first-order valence-corrected chi connectivity index (χ1v) is 10.2. The zero-order valence-corrected chi connectivity index (χ0v) is 16.7. The van der Waals surface area contributed by atoms with Crippen LogP contribution < -0.4 is 10.0 Å². The largest absolute Gasteiger partial charge is 0.369 e. The standard InChI is InChI=1S/C17H18ClFN6O2S/c1-11-23-16(10-17(24-11)25-8-7-20-12(25)2)21-5-6-22-28(26,27)13-3-4-15(19)14(18)9-13/h3-4,7-10,22H,5-6H2,1-2H3,(H,21,23,24). The van der Waals surface area contributed by atoms with Crippen molar-refractivity contribution in [2.75, 3.05) is 18.4 Å². The lowest BCUT2D eigenvalue weighted by atomic mass is 10.3. The van der Waals surface area contributed by atoms with Crippen molar-refractivity contribution in [3.63, 3.8) is 0 Å². The number of hydrogen-bond acceptors (Lipinski definition) is 6. The van der Waals surface area contributed by atoms with E-state index in [1.54, 1.807) is 25.4 Å². The van der Waals surface area contributed by atoms with Gasteiger partial charge in [-0.05, 0) is 32.0 Å². The second-order valence-electron chi connectivity index (χ2n) is 5.90. The zero-order chi connectivity index (χ0) is 20.3. The topological polar surface area (TPSA) is 102 Å². The lowest BCUT2D eigenvalue weighted by molar-refractivity contribution is 0.582. The van der Waals surface area contributed by atoms with E-state index in [0.29, 0.717) is 17.5 Å². The molecule has 0 aliphatic heterocycles. The Morgan fingerprint density at radius 3 is 2.64 bits per heavy atom. The Morgan fingerprint density at radius 2 is 1.96 bits per heavy atom. The van der Waals surface area contributed by atoms with E-state index in [0.717, 1.165) is 24.0 Å². The molecule has 0 saturated heterocycles. The lowest BCUT2D eigenvalue weighted by Gasteiger charge is -2.11. The third-order valence-corrected chi connectivity index (χ3v) is 5.57. The number of nitrogens with zero attached hydrogens (tertiary/aromatic N) is 4. The Hall–Kier alpha value is -2.56. The summed E-state index contributed by atoms with van der Waals surface area (Å²) in [5, 5.41) is 2.80. The van der Waals surface area contributed by atoms with Gasteiger partial charge in [-0.1, -0.05) is 11.6 Å². The van der Waals surface area contributed by atoms with Gasteiger partial charge in [-0.2, -0.15) is 0 Å². The molecule has 3 rings (SSSR count). The Morgan fingerprint density at radius 1 is 1.18 bits per heavy atom. The Labute approximate surface area is 166 Å². The van der Waals surface area contributed by atoms with Gasteiger partial charge in [-0.3, -0.25) is 4.57 Å². The Balaban J connectivity index is 1.63. The molecule has 0 amide bonds. The summed E-state index contributed by atoms with van der Waals surface area (Å²) in [4.78, 5) is 12.7. The quantitative estimate of drug-likeness (QED) is 0.565. The van der Waals surface area contributed by atoms with Crippen molar-refractivity contribution < 1.29 is 12.8 Å². The van der Waals surface area contributed by atoms with Crippen molar-refractivity contribution in [1.82, 2.24) is 24.2 Å². The molecule has 148 valence electrons. The van der Waals surface area contributed by atoms with Gasteiger partial charge in [0.05, 0.1) is 9.92 Å². The number of anilines is 1. The van der Waals surface area contributed by atoms with Crippen molar-refractivity contribution in [1.29, 1.82) is 0 Å². The SMILES string of the molecule is Cc1nc(NCCNS(=O)(=O)c2ccc(F)c(Cl)c2)cc(-n2ccnc2C)n1. The molecule has 0 radical (unpaired) electrons. The molecule has 3 aromatic rings. The van der Waals surface area contributed by atoms with E-state index in [9.17, 15) is 12.8 Å². The Kier molecular flexibility index (Phi) is 5.92. The van der Waals surface area contributed by atoms with Crippen molar-refractivity contribution in [3.05, 3.63) is 59.1 Å². The number of nitrogens with one attached hydrogen (secondary N) is 2. The van der Waals surface area contributed by atoms with E-state index in [-0.39, 0.29) is 23.0 Å². The summed E-state index contributed by atoms with van der Waals surface area (Å²) in [5.74, 6) is 1.89. The molecule has 0 aliphatic rings. The fraction of sp³-hybridized carbons (Fsp3) is 0.235. The highest BCUT2D eigenvalue weighted by atomic mass is 35.5. The van der Waals surface area contributed by atoms with Crippen molar-refractivity contribution in [2.24, 2.45) is 0 Å². The average molecular weight is 425 g/mol. The third kappa shape index (κ3) is 4.64. The van der Waals surface area contributed by atoms with Crippen LogP contribution in [0.3, 0.4) is 0 Å². The minimum Gasteiger partial charge on any atom is -0.369 e. The molecule has 2 heterocycles. The zero-order valence-electron chi connectivity index (χ0n) is 15.1. The van der Waals surface area contributed by atoms with Gasteiger partial charge in [-0.25, -0.2) is 32.5 Å². The van der Waals surface area contributed by atoms with Gasteiger partial charge in [0.1, 0.15) is 29.1 Å². The molecule has 0 atom stereocenters. The predicted molar refractivity (Wildman–Crippen MR) is 104 cm³/mol. The van der Waals surface area contributed by atoms with Crippen LogP contribution >= 0.6 is 11.6 Å². The van der Waals surface area contributed by atoms with Gasteiger partial charge in [0.25, 0.3) is 0 Å². The Bertz CT molecular complexity index is 1100. The molecule has 8 nitrogen and oxygen atoms in total. The van der Waals surface area contributed by atoms with Crippen LogP contribution in [0.25, 0.3) is 5.82 Å². The van der Waals surface area contributed by atoms with E-state index < -0.39 is 15.8 Å². The summed E-state index contributed by atoms with van der Waals surface area (Å²) in [6.07, 6.45) is 3.47. The number of benzene rings is 1. The normalized spacial score (nSPS) is 11.6. The maximum atomic E-state index is 13.2. The maximum absolute atomic E-state index is 13.2. The molecular weight excluding hydrogens is 407 g/mol. The van der Waals surface area contributed by atoms with Crippen LogP contribution in [0.2, 0.25) is 5.02 Å². The van der Waals surface area contributed by atoms with Crippen LogP contribution in [-0.4, -0.2) is 41.0 Å². The highest BCUT2D eigenvalue weighted by Crippen LogP contribution is 2.19. The monoisotopic (exact) mass is 424 g/mol. The first kappa shape index (κ1) is 20.2. The third-order valence-electron chi connectivity index (χ3n) is 3.82. The van der Waals surface area contributed by atoms with Gasteiger partial charge < -0.3 is 5.32 Å². The summed E-state index contributed by atoms with van der Waals surface area (Å²) in [6.45, 7) is 4.01. The van der Waals surface area contributed by atoms with Crippen LogP contribution in [0.4, 0.5) is 10.2 Å². The second kappa shape index (κ2) is 8.21. The molecule has 11 heteroatoms. The predicted octanol–water partition coefficient (Wildman–Crippen LogP) is 2.46. The number of sulfonamides is 1. The van der Waals surface area contributed by atoms with E-state index in [4.69, 9.17) is 11.6 Å². The number of imidazole rings is 1. The molecule has 28 heavy (non-hydrogen) atoms. The van der Waals surface area contributed by atoms with Crippen molar-refractivity contribution in [3.8, 4) is 5.82 Å². The summed E-state index contributed by atoms with van der Waals surface area (Å²) in [7, 11) is -3.80. The van der Waals surface area contributed by atoms with Gasteiger partial charge in [0.15, 0.2) is 0 Å². The summed E-state index contributed by atoms with van der Waals surface area (Å²) in [5.41, 5.74) is 0. The maximum Gasteiger partial charge on any atom is 0.240 e. The van der Waals surface area contributed by atoms with E-state index in [2.05, 4.69) is 25.0 Å². The van der Waals surface area contributed by atoms with E-state index in [1.165, 1.54) is 0 Å². The fourth-order valence-electron chi connectivity index (χ4n) is 2.49. The molecule has 1 aromatic carbocycles. The molecule has 2 N–H and O–H groups in total. The van der Waals surface area contributed by atoms with Crippen molar-refractivity contribution >= 4 is 27.4 Å². The number of rotatable bonds is 7. The summed E-state index contributed by atoms with van der Waals surface area (Å²) in [6, 6.07) is 4.99. The number of aromatic nitrogens is 4. The summed E-state index contributed by atoms with van der Waals surface area (Å²) < 4.78 is 42.0. The highest BCUT2D eigenvalue weighted by Gasteiger charge is 2.15. The van der Waals surface area contributed by atoms with Crippen molar-refractivity contribution in [2.45, 2.75) is 18.7 Å². The van der Waals surface area contributed by atoms with Gasteiger partial charge >= 0.3 is 0 Å². The molecule has 0 saturated carbocycles. The van der Waals surface area contributed by atoms with Crippen LogP contribution in [0.15, 0.2) is 41.6 Å². The van der Waals surface area contributed by atoms with Gasteiger partial charge in [0.2, 0.25) is 10.0 Å². The second-order valence-corrected chi connectivity index (χ2v) is 8.08. The molecule has 0 unspecified atom stereocenters. The van der Waals surface area contributed by atoms with Crippen LogP contribution in [0.5, 0.6) is 0 Å². The molecule has 0 spiro atoms. The highest BCUT2D eigenvalue weighted by molar-refractivity contribution is 7.89. The lowest BCUT2D eigenvalue weighted by Crippen LogP contribution is -2.29. The van der Waals surface area contributed by atoms with Crippen LogP contribution in [0.1, 0.15) is 11.6 Å². The van der Waals surface area contributed by atoms with Crippen LogP contribution in [-0.2, 0) is 10.0 Å². The van der Waals surface area contributed by atoms with Gasteiger partial charge in [0, 0.05) is 31.5 Å². The number of aryl methyl sites for hydroxylation is 2. The minimum absolute atomic E-state index is 0.0970. The molecule has 0 bridgehead atoms. The average Bonchev–Trinajstić information content (AvgIpc) is 3.06. The van der Waals surface area contributed by atoms with E-state index in [1.807, 2.05) is 11.5 Å². The first-order valence-electron chi connectivity index (χ1n) is 8.31. The smallest absolute Gasteiger partial charge is 0.240 e. The molecule has 0 aliphatic carbocycles. The number of hydrogen-bond donors (Lipinski definition) is 2. The van der Waals surface area contributed by atoms with E-state index >= 15 is 0 Å². The fourth-order valence-corrected chi connectivity index (χ4v) is 3.79. The minimum atomic E-state index is -3.80. The first-order chi connectivity index (χ1) is 13.3. The van der Waals surface area contributed by atoms with Gasteiger partial charge in [-0.15, -0.1) is 0 Å². The number of halogens is 2. The molecular formula is C17H18ClFN6O2S. The van der Waals surface area contributed by atoms with Crippen LogP contribution in [0, 0.1) is 19.7 Å². The molecule has 2 aromatic heterocycles. The molecule has 0 fully saturated rings.